The predicted molar refractivity (Wildman–Crippen MR) is 75.6 cm³/mol. The van der Waals surface area contributed by atoms with Crippen LogP contribution in [0.5, 0.6) is 0 Å². The summed E-state index contributed by atoms with van der Waals surface area (Å²) in [6, 6.07) is 3.48. The van der Waals surface area contributed by atoms with Crippen LogP contribution in [0.15, 0.2) is 23.5 Å². The second-order valence-corrected chi connectivity index (χ2v) is 5.39. The number of aromatic nitrogens is 1. The van der Waals surface area contributed by atoms with Crippen molar-refractivity contribution in [2.75, 3.05) is 6.54 Å². The molecule has 1 aromatic rings. The van der Waals surface area contributed by atoms with Gasteiger partial charge < -0.3 is 15.8 Å². The molecule has 108 valence electrons. The van der Waals surface area contributed by atoms with E-state index in [1.54, 1.807) is 12.1 Å². The van der Waals surface area contributed by atoms with E-state index in [4.69, 9.17) is 10.9 Å². The highest BCUT2D eigenvalue weighted by Gasteiger charge is 2.27. The number of pyridine rings is 1. The van der Waals surface area contributed by atoms with E-state index in [0.29, 0.717) is 17.2 Å². The summed E-state index contributed by atoms with van der Waals surface area (Å²) in [5.41, 5.74) is 6.35. The first-order valence-corrected chi connectivity index (χ1v) is 6.78. The van der Waals surface area contributed by atoms with Crippen molar-refractivity contribution in [3.8, 4) is 0 Å². The highest BCUT2D eigenvalue weighted by atomic mass is 16.4. The summed E-state index contributed by atoms with van der Waals surface area (Å²) < 4.78 is 0. The normalized spacial score (nSPS) is 23.7. The Hall–Kier alpha value is -2.11. The molecule has 3 N–H and O–H groups in total. The Labute approximate surface area is 118 Å². The van der Waals surface area contributed by atoms with Crippen LogP contribution in [0.3, 0.4) is 0 Å². The largest absolute Gasteiger partial charge is 0.409 e. The Balaban J connectivity index is 2.13. The van der Waals surface area contributed by atoms with Crippen LogP contribution in [0, 0.1) is 5.92 Å². The molecule has 1 aliphatic heterocycles. The second kappa shape index (κ2) is 5.90. The third-order valence-corrected chi connectivity index (χ3v) is 3.79. The van der Waals surface area contributed by atoms with Gasteiger partial charge in [0.2, 0.25) is 0 Å². The minimum atomic E-state index is -0.0598. The lowest BCUT2D eigenvalue weighted by Crippen LogP contribution is -2.44. The zero-order valence-electron chi connectivity index (χ0n) is 11.8. The number of carbonyl (C=O) groups excluding carboxylic acids is 1. The van der Waals surface area contributed by atoms with Gasteiger partial charge in [-0.15, -0.1) is 0 Å². The first-order valence-electron chi connectivity index (χ1n) is 6.78. The van der Waals surface area contributed by atoms with Gasteiger partial charge in [0.25, 0.3) is 5.91 Å². The molecule has 1 fully saturated rings. The molecule has 1 aromatic heterocycles. The van der Waals surface area contributed by atoms with E-state index in [9.17, 15) is 4.79 Å². The molecule has 2 rings (SSSR count). The van der Waals surface area contributed by atoms with Gasteiger partial charge in [-0.05, 0) is 37.8 Å². The average Bonchev–Trinajstić information content (AvgIpc) is 2.46. The lowest BCUT2D eigenvalue weighted by molar-refractivity contribution is 0.0582. The number of rotatable bonds is 2. The van der Waals surface area contributed by atoms with Crippen molar-refractivity contribution in [3.05, 3.63) is 29.6 Å². The zero-order chi connectivity index (χ0) is 14.7. The fourth-order valence-electron chi connectivity index (χ4n) is 2.59. The number of carbonyl (C=O) groups is 1. The van der Waals surface area contributed by atoms with Crippen LogP contribution in [-0.2, 0) is 0 Å². The van der Waals surface area contributed by atoms with Crippen molar-refractivity contribution in [3.63, 3.8) is 0 Å². The molecule has 1 aliphatic rings. The molecule has 0 spiro atoms. The van der Waals surface area contributed by atoms with Gasteiger partial charge in [-0.1, -0.05) is 12.1 Å². The molecule has 0 radical (unpaired) electrons. The predicted octanol–water partition coefficient (Wildman–Crippen LogP) is 1.44. The maximum absolute atomic E-state index is 12.4. The standard InChI is InChI=1S/C14H20N4O2/c1-9-5-6-18(10(2)7-9)14(19)12-4-3-11(8-16-12)13(15)17-20/h3-4,8-10,20H,5-7H2,1-2H3,(H2,15,17). The third kappa shape index (κ3) is 2.89. The van der Waals surface area contributed by atoms with Crippen LogP contribution in [0.25, 0.3) is 0 Å². The van der Waals surface area contributed by atoms with Gasteiger partial charge in [0.1, 0.15) is 5.69 Å². The number of amidine groups is 1. The van der Waals surface area contributed by atoms with Gasteiger partial charge in [0.05, 0.1) is 0 Å². The van der Waals surface area contributed by atoms with E-state index < -0.39 is 0 Å². The van der Waals surface area contributed by atoms with Gasteiger partial charge in [0.15, 0.2) is 5.84 Å². The van der Waals surface area contributed by atoms with Crippen molar-refractivity contribution in [1.29, 1.82) is 0 Å². The minimum Gasteiger partial charge on any atom is -0.409 e. The monoisotopic (exact) mass is 276 g/mol. The number of oxime groups is 1. The topological polar surface area (TPSA) is 91.8 Å². The summed E-state index contributed by atoms with van der Waals surface area (Å²) in [4.78, 5) is 18.4. The fourth-order valence-corrected chi connectivity index (χ4v) is 2.59. The lowest BCUT2D eigenvalue weighted by Gasteiger charge is -2.36. The number of hydrogen-bond acceptors (Lipinski definition) is 4. The maximum atomic E-state index is 12.4. The molecular formula is C14H20N4O2. The van der Waals surface area contributed by atoms with E-state index in [-0.39, 0.29) is 17.8 Å². The van der Waals surface area contributed by atoms with Crippen molar-refractivity contribution >= 4 is 11.7 Å². The summed E-state index contributed by atoms with van der Waals surface area (Å²) in [6.07, 6.45) is 3.49. The smallest absolute Gasteiger partial charge is 0.272 e. The van der Waals surface area contributed by atoms with Gasteiger partial charge in [-0.2, -0.15) is 0 Å². The number of piperidine rings is 1. The van der Waals surface area contributed by atoms with Crippen LogP contribution < -0.4 is 5.73 Å². The summed E-state index contributed by atoms with van der Waals surface area (Å²) in [7, 11) is 0. The third-order valence-electron chi connectivity index (χ3n) is 3.79. The van der Waals surface area contributed by atoms with Crippen LogP contribution in [-0.4, -0.2) is 39.4 Å². The summed E-state index contributed by atoms with van der Waals surface area (Å²) >= 11 is 0. The summed E-state index contributed by atoms with van der Waals surface area (Å²) in [5.74, 6) is 0.581. The average molecular weight is 276 g/mol. The van der Waals surface area contributed by atoms with E-state index in [2.05, 4.69) is 24.0 Å². The number of amides is 1. The highest BCUT2D eigenvalue weighted by Crippen LogP contribution is 2.23. The molecule has 0 aromatic carbocycles. The first kappa shape index (κ1) is 14.3. The Morgan fingerprint density at radius 2 is 2.25 bits per heavy atom. The minimum absolute atomic E-state index is 0.0170. The molecule has 20 heavy (non-hydrogen) atoms. The van der Waals surface area contributed by atoms with Crippen molar-refractivity contribution in [2.24, 2.45) is 16.8 Å². The number of hydrogen-bond donors (Lipinski definition) is 2. The quantitative estimate of drug-likeness (QED) is 0.370. The fraction of sp³-hybridized carbons (Fsp3) is 0.500. The molecule has 0 aliphatic carbocycles. The zero-order valence-corrected chi connectivity index (χ0v) is 11.8. The second-order valence-electron chi connectivity index (χ2n) is 5.39. The summed E-state index contributed by atoms with van der Waals surface area (Å²) in [5, 5.41) is 11.5. The Bertz CT molecular complexity index is 512. The van der Waals surface area contributed by atoms with E-state index in [1.165, 1.54) is 6.20 Å². The van der Waals surface area contributed by atoms with E-state index in [1.807, 2.05) is 4.90 Å². The molecule has 2 unspecified atom stereocenters. The van der Waals surface area contributed by atoms with Gasteiger partial charge >= 0.3 is 0 Å². The molecular weight excluding hydrogens is 256 g/mol. The van der Waals surface area contributed by atoms with Gasteiger partial charge in [-0.25, -0.2) is 0 Å². The molecule has 0 bridgehead atoms. The van der Waals surface area contributed by atoms with Crippen LogP contribution in [0.1, 0.15) is 42.7 Å². The molecule has 1 saturated heterocycles. The number of nitrogens with zero attached hydrogens (tertiary/aromatic N) is 3. The van der Waals surface area contributed by atoms with Crippen molar-refractivity contribution < 1.29 is 10.0 Å². The number of likely N-dealkylation sites (tertiary alicyclic amines) is 1. The van der Waals surface area contributed by atoms with Gasteiger partial charge in [0, 0.05) is 24.3 Å². The molecule has 1 amide bonds. The SMILES string of the molecule is CC1CCN(C(=O)c2ccc(C(N)=NO)cn2)C(C)C1. The van der Waals surface area contributed by atoms with E-state index in [0.717, 1.165) is 19.4 Å². The molecule has 6 heteroatoms. The van der Waals surface area contributed by atoms with Crippen LogP contribution in [0.2, 0.25) is 0 Å². The molecule has 2 atom stereocenters. The Morgan fingerprint density at radius 1 is 1.50 bits per heavy atom. The molecule has 0 saturated carbocycles. The van der Waals surface area contributed by atoms with Crippen LogP contribution in [0.4, 0.5) is 0 Å². The molecule has 2 heterocycles. The lowest BCUT2D eigenvalue weighted by atomic mass is 9.93. The van der Waals surface area contributed by atoms with Crippen LogP contribution >= 0.6 is 0 Å². The molecule has 6 nitrogen and oxygen atoms in total. The number of nitrogens with two attached hydrogens (primary N) is 1. The maximum Gasteiger partial charge on any atom is 0.272 e. The summed E-state index contributed by atoms with van der Waals surface area (Å²) in [6.45, 7) is 5.05. The highest BCUT2D eigenvalue weighted by molar-refractivity contribution is 5.98. The van der Waals surface area contributed by atoms with Gasteiger partial charge in [-0.3, -0.25) is 9.78 Å². The van der Waals surface area contributed by atoms with E-state index >= 15 is 0 Å². The van der Waals surface area contributed by atoms with Crippen molar-refractivity contribution in [1.82, 2.24) is 9.88 Å². The Morgan fingerprint density at radius 3 is 2.80 bits per heavy atom. The van der Waals surface area contributed by atoms with Crippen molar-refractivity contribution in [2.45, 2.75) is 32.7 Å². The first-order chi connectivity index (χ1) is 9.52. The Kier molecular flexibility index (Phi) is 4.22.